The van der Waals surface area contributed by atoms with Crippen molar-refractivity contribution >= 4 is 29.1 Å². The molecule has 0 saturated carbocycles. The van der Waals surface area contributed by atoms with Gasteiger partial charge in [0, 0.05) is 17.8 Å². The molecule has 0 saturated heterocycles. The van der Waals surface area contributed by atoms with E-state index in [4.69, 9.17) is 30.5 Å². The SMILES string of the molecule is COc1cc(NC(=O)C2=C(C)Nc3nnnn3C2c2ccc(OC)c(OC)c2)c(OC)cc1Cl. The average molecular weight is 487 g/mol. The van der Waals surface area contributed by atoms with Gasteiger partial charge in [0.25, 0.3) is 5.91 Å². The highest BCUT2D eigenvalue weighted by molar-refractivity contribution is 6.32. The third-order valence-corrected chi connectivity index (χ3v) is 5.70. The summed E-state index contributed by atoms with van der Waals surface area (Å²) in [4.78, 5) is 13.6. The summed E-state index contributed by atoms with van der Waals surface area (Å²) < 4.78 is 23.0. The standard InChI is InChI=1S/C22H23ClN6O5/c1-11-19(21(30)25-14-10-16(32-3)13(23)9-17(14)33-4)20(29-22(24-11)26-27-28-29)12-6-7-15(31-2)18(8-12)34-5/h6-10,20H,1-5H3,(H,25,30)(H,24,26,28). The van der Waals surface area contributed by atoms with E-state index in [1.807, 2.05) is 6.07 Å². The van der Waals surface area contributed by atoms with Gasteiger partial charge in [-0.25, -0.2) is 0 Å². The van der Waals surface area contributed by atoms with Gasteiger partial charge < -0.3 is 29.6 Å². The Hall–Kier alpha value is -3.99. The molecule has 0 spiro atoms. The summed E-state index contributed by atoms with van der Waals surface area (Å²) in [7, 11) is 6.07. The summed E-state index contributed by atoms with van der Waals surface area (Å²) in [6.07, 6.45) is 0. The van der Waals surface area contributed by atoms with Crippen molar-refractivity contribution < 1.29 is 23.7 Å². The van der Waals surface area contributed by atoms with Crippen LogP contribution in [0.3, 0.4) is 0 Å². The quantitative estimate of drug-likeness (QED) is 0.518. The van der Waals surface area contributed by atoms with E-state index in [0.29, 0.717) is 50.9 Å². The maximum atomic E-state index is 13.6. The second kappa shape index (κ2) is 9.48. The van der Waals surface area contributed by atoms with Crippen molar-refractivity contribution in [2.24, 2.45) is 0 Å². The molecule has 2 N–H and O–H groups in total. The average Bonchev–Trinajstić information content (AvgIpc) is 3.31. The number of methoxy groups -OCH3 is 4. The first-order chi connectivity index (χ1) is 16.4. The van der Waals surface area contributed by atoms with E-state index in [0.717, 1.165) is 5.56 Å². The molecule has 2 aromatic carbocycles. The van der Waals surface area contributed by atoms with Gasteiger partial charge in [0.2, 0.25) is 5.95 Å². The van der Waals surface area contributed by atoms with Crippen LogP contribution in [-0.2, 0) is 4.79 Å². The van der Waals surface area contributed by atoms with Crippen molar-refractivity contribution in [3.05, 3.63) is 52.2 Å². The monoisotopic (exact) mass is 486 g/mol. The molecular weight excluding hydrogens is 464 g/mol. The number of ether oxygens (including phenoxy) is 4. The molecule has 0 aliphatic carbocycles. The molecule has 4 rings (SSSR count). The van der Waals surface area contributed by atoms with Crippen LogP contribution in [0.2, 0.25) is 5.02 Å². The predicted molar refractivity (Wildman–Crippen MR) is 125 cm³/mol. The molecule has 0 radical (unpaired) electrons. The van der Waals surface area contributed by atoms with Crippen molar-refractivity contribution in [1.82, 2.24) is 20.2 Å². The third kappa shape index (κ3) is 4.05. The Bertz CT molecular complexity index is 1270. The van der Waals surface area contributed by atoms with Crippen molar-refractivity contribution in [2.45, 2.75) is 13.0 Å². The minimum absolute atomic E-state index is 0.355. The minimum Gasteiger partial charge on any atom is -0.495 e. The fourth-order valence-electron chi connectivity index (χ4n) is 3.79. The lowest BCUT2D eigenvalue weighted by molar-refractivity contribution is -0.113. The number of tetrazole rings is 1. The Morgan fingerprint density at radius 2 is 1.71 bits per heavy atom. The lowest BCUT2D eigenvalue weighted by atomic mass is 9.94. The van der Waals surface area contributed by atoms with Crippen LogP contribution >= 0.6 is 11.6 Å². The van der Waals surface area contributed by atoms with E-state index < -0.39 is 11.9 Å². The van der Waals surface area contributed by atoms with Gasteiger partial charge in [-0.05, 0) is 35.0 Å². The van der Waals surface area contributed by atoms with Gasteiger partial charge in [-0.1, -0.05) is 22.8 Å². The van der Waals surface area contributed by atoms with Gasteiger partial charge >= 0.3 is 0 Å². The van der Waals surface area contributed by atoms with Crippen LogP contribution in [0.15, 0.2) is 41.6 Å². The number of fused-ring (bicyclic) bond motifs is 1. The number of halogens is 1. The zero-order valence-corrected chi connectivity index (χ0v) is 19.9. The zero-order valence-electron chi connectivity index (χ0n) is 19.2. The molecule has 0 fully saturated rings. The van der Waals surface area contributed by atoms with Crippen LogP contribution < -0.4 is 29.6 Å². The van der Waals surface area contributed by atoms with Crippen LogP contribution in [-0.4, -0.2) is 54.6 Å². The van der Waals surface area contributed by atoms with E-state index >= 15 is 0 Å². The molecule has 1 amide bonds. The van der Waals surface area contributed by atoms with Crippen LogP contribution in [0.5, 0.6) is 23.0 Å². The van der Waals surface area contributed by atoms with Gasteiger partial charge in [0.05, 0.1) is 44.7 Å². The highest BCUT2D eigenvalue weighted by Crippen LogP contribution is 2.40. The Balaban J connectivity index is 1.79. The van der Waals surface area contributed by atoms with Gasteiger partial charge in [-0.2, -0.15) is 4.68 Å². The van der Waals surface area contributed by atoms with E-state index in [1.54, 1.807) is 45.4 Å². The molecule has 11 nitrogen and oxygen atoms in total. The Morgan fingerprint density at radius 3 is 2.38 bits per heavy atom. The van der Waals surface area contributed by atoms with Gasteiger partial charge in [0.1, 0.15) is 17.5 Å². The summed E-state index contributed by atoms with van der Waals surface area (Å²) >= 11 is 6.20. The molecule has 1 aliphatic rings. The van der Waals surface area contributed by atoms with Gasteiger partial charge in [0.15, 0.2) is 11.5 Å². The number of anilines is 2. The number of nitrogens with one attached hydrogen (secondary N) is 2. The number of benzene rings is 2. The second-order valence-electron chi connectivity index (χ2n) is 7.27. The molecular formula is C22H23ClN6O5. The molecule has 178 valence electrons. The summed E-state index contributed by atoms with van der Waals surface area (Å²) in [5.41, 5.74) is 2.09. The minimum atomic E-state index is -0.647. The summed E-state index contributed by atoms with van der Waals surface area (Å²) in [5.74, 6) is 1.85. The highest BCUT2D eigenvalue weighted by atomic mass is 35.5. The smallest absolute Gasteiger partial charge is 0.255 e. The lowest BCUT2D eigenvalue weighted by Gasteiger charge is -2.28. The van der Waals surface area contributed by atoms with Crippen molar-refractivity contribution in [3.63, 3.8) is 0 Å². The van der Waals surface area contributed by atoms with E-state index in [1.165, 1.54) is 18.9 Å². The van der Waals surface area contributed by atoms with Crippen LogP contribution in [0, 0.1) is 0 Å². The first-order valence-corrected chi connectivity index (χ1v) is 10.5. The number of hydrogen-bond donors (Lipinski definition) is 2. The van der Waals surface area contributed by atoms with Crippen molar-refractivity contribution in [3.8, 4) is 23.0 Å². The van der Waals surface area contributed by atoms with Crippen LogP contribution in [0.25, 0.3) is 0 Å². The third-order valence-electron chi connectivity index (χ3n) is 5.40. The predicted octanol–water partition coefficient (Wildman–Crippen LogP) is 3.29. The van der Waals surface area contributed by atoms with Crippen LogP contribution in [0.1, 0.15) is 18.5 Å². The molecule has 1 unspecified atom stereocenters. The normalized spacial score (nSPS) is 14.7. The fraction of sp³-hybridized carbons (Fsp3) is 0.273. The number of nitrogens with zero attached hydrogens (tertiary/aromatic N) is 4. The summed E-state index contributed by atoms with van der Waals surface area (Å²) in [6.45, 7) is 1.78. The van der Waals surface area contributed by atoms with Crippen LogP contribution in [0.4, 0.5) is 11.6 Å². The molecule has 3 aromatic rings. The van der Waals surface area contributed by atoms with E-state index in [-0.39, 0.29) is 0 Å². The highest BCUT2D eigenvalue weighted by Gasteiger charge is 2.35. The Morgan fingerprint density at radius 1 is 1.00 bits per heavy atom. The lowest BCUT2D eigenvalue weighted by Crippen LogP contribution is -2.31. The van der Waals surface area contributed by atoms with E-state index in [9.17, 15) is 4.79 Å². The summed E-state index contributed by atoms with van der Waals surface area (Å²) in [5, 5.41) is 18.2. The molecule has 1 aliphatic heterocycles. The topological polar surface area (TPSA) is 122 Å². The number of carbonyl (C=O) groups excluding carboxylic acids is 1. The number of carbonyl (C=O) groups is 1. The summed E-state index contributed by atoms with van der Waals surface area (Å²) in [6, 6.07) is 7.90. The molecule has 0 bridgehead atoms. The maximum Gasteiger partial charge on any atom is 0.255 e. The number of rotatable bonds is 7. The van der Waals surface area contributed by atoms with E-state index in [2.05, 4.69) is 26.2 Å². The van der Waals surface area contributed by atoms with Crippen molar-refractivity contribution in [2.75, 3.05) is 39.1 Å². The number of allylic oxidation sites excluding steroid dienone is 1. The first-order valence-electron chi connectivity index (χ1n) is 10.1. The van der Waals surface area contributed by atoms with Gasteiger partial charge in [-0.15, -0.1) is 0 Å². The molecule has 12 heteroatoms. The number of amides is 1. The first kappa shape index (κ1) is 23.2. The number of aromatic nitrogens is 4. The second-order valence-corrected chi connectivity index (χ2v) is 7.68. The fourth-order valence-corrected chi connectivity index (χ4v) is 4.02. The molecule has 34 heavy (non-hydrogen) atoms. The zero-order chi connectivity index (χ0) is 24.4. The molecule has 2 heterocycles. The Labute approximate surface area is 200 Å². The molecule has 1 aromatic heterocycles. The van der Waals surface area contributed by atoms with Crippen molar-refractivity contribution in [1.29, 1.82) is 0 Å². The Kier molecular flexibility index (Phi) is 6.46. The van der Waals surface area contributed by atoms with Gasteiger partial charge in [-0.3, -0.25) is 4.79 Å². The molecule has 1 atom stereocenters. The largest absolute Gasteiger partial charge is 0.495 e. The number of hydrogen-bond acceptors (Lipinski definition) is 9. The maximum absolute atomic E-state index is 13.6.